The van der Waals surface area contributed by atoms with E-state index in [1.807, 2.05) is 6.92 Å². The molecule has 0 radical (unpaired) electrons. The highest BCUT2D eigenvalue weighted by molar-refractivity contribution is 7.92. The van der Waals surface area contributed by atoms with Gasteiger partial charge in [0.25, 0.3) is 0 Å². The fourth-order valence-corrected chi connectivity index (χ4v) is 6.08. The lowest BCUT2D eigenvalue weighted by molar-refractivity contribution is -0.110. The van der Waals surface area contributed by atoms with E-state index in [9.17, 15) is 18.0 Å². The van der Waals surface area contributed by atoms with Gasteiger partial charge in [0.2, 0.25) is 0 Å². The number of aryl methyl sites for hydroxylation is 1. The molecule has 3 atom stereocenters. The van der Waals surface area contributed by atoms with Crippen LogP contribution in [-0.2, 0) is 19.4 Å². The van der Waals surface area contributed by atoms with E-state index in [0.717, 1.165) is 5.56 Å². The highest BCUT2D eigenvalue weighted by Gasteiger charge is 2.73. The Kier molecular flexibility index (Phi) is 5.73. The van der Waals surface area contributed by atoms with Gasteiger partial charge in [0.1, 0.15) is 22.7 Å². The monoisotopic (exact) mass is 449 g/mol. The third-order valence-electron chi connectivity index (χ3n) is 4.98. The average Bonchev–Trinajstić information content (AvgIpc) is 3.30. The zero-order valence-corrected chi connectivity index (χ0v) is 18.8. The number of benzene rings is 2. The normalized spacial score (nSPS) is 23.5. The van der Waals surface area contributed by atoms with E-state index in [2.05, 4.69) is 5.32 Å². The van der Waals surface area contributed by atoms with Gasteiger partial charge in [-0.25, -0.2) is 13.2 Å². The van der Waals surface area contributed by atoms with E-state index in [-0.39, 0.29) is 4.90 Å². The second-order valence-corrected chi connectivity index (χ2v) is 11.0. The number of hydrogen-bond acceptors (Lipinski definition) is 5. The summed E-state index contributed by atoms with van der Waals surface area (Å²) in [5.41, 5.74) is -1.01. The van der Waals surface area contributed by atoms with Crippen molar-refractivity contribution in [1.29, 1.82) is 0 Å². The number of sulfone groups is 1. The lowest BCUT2D eigenvalue weighted by Crippen LogP contribution is -2.45. The van der Waals surface area contributed by atoms with Gasteiger partial charge in [0.05, 0.1) is 4.90 Å². The first-order valence-corrected chi connectivity index (χ1v) is 11.4. The van der Waals surface area contributed by atoms with Crippen LogP contribution in [-0.4, -0.2) is 37.2 Å². The summed E-state index contributed by atoms with van der Waals surface area (Å²) in [5.74, 6) is -0.799. The summed E-state index contributed by atoms with van der Waals surface area (Å²) >= 11 is 6.09. The molecule has 30 heavy (non-hydrogen) atoms. The molecule has 3 rings (SSSR count). The Labute approximate surface area is 181 Å². The van der Waals surface area contributed by atoms with Gasteiger partial charge in [-0.1, -0.05) is 41.4 Å². The lowest BCUT2D eigenvalue weighted by atomic mass is 10.1. The number of carbonyl (C=O) groups is 2. The zero-order chi connectivity index (χ0) is 22.3. The van der Waals surface area contributed by atoms with Crippen molar-refractivity contribution in [2.45, 2.75) is 54.9 Å². The largest absolute Gasteiger partial charge is 0.444 e. The number of halogens is 1. The van der Waals surface area contributed by atoms with Gasteiger partial charge < -0.3 is 14.8 Å². The van der Waals surface area contributed by atoms with E-state index in [1.54, 1.807) is 57.2 Å². The fourth-order valence-electron chi connectivity index (χ4n) is 3.63. The van der Waals surface area contributed by atoms with Crippen LogP contribution >= 0.6 is 11.6 Å². The number of carbonyl (C=O) groups excluding carboxylic acids is 2. The number of amides is 1. The predicted octanol–water partition coefficient (Wildman–Crippen LogP) is 4.05. The van der Waals surface area contributed by atoms with E-state index in [0.29, 0.717) is 16.9 Å². The molecule has 0 unspecified atom stereocenters. The van der Waals surface area contributed by atoms with Crippen molar-refractivity contribution in [1.82, 2.24) is 5.32 Å². The molecule has 0 bridgehead atoms. The summed E-state index contributed by atoms with van der Waals surface area (Å²) in [6.45, 7) is 6.90. The summed E-state index contributed by atoms with van der Waals surface area (Å²) in [4.78, 5) is 24.8. The molecule has 0 aliphatic heterocycles. The minimum Gasteiger partial charge on any atom is -0.444 e. The number of aldehydes is 1. The van der Waals surface area contributed by atoms with E-state index in [4.69, 9.17) is 16.3 Å². The van der Waals surface area contributed by atoms with Crippen LogP contribution in [0.2, 0.25) is 5.02 Å². The quantitative estimate of drug-likeness (QED) is 0.695. The first-order valence-electron chi connectivity index (χ1n) is 9.44. The average molecular weight is 450 g/mol. The summed E-state index contributed by atoms with van der Waals surface area (Å²) < 4.78 is 32.1. The molecule has 1 amide bonds. The first kappa shape index (κ1) is 22.3. The number of nitrogens with one attached hydrogen (secondary N) is 1. The summed E-state index contributed by atoms with van der Waals surface area (Å²) in [5, 5.41) is 1.75. The number of alkyl carbamates (subject to hydrolysis) is 1. The number of ether oxygens (including phenoxy) is 1. The standard InChI is InChI=1S/C22H24ClNO5S/c1-14-8-10-17(11-9-14)30(27,28)19-18(15-6-5-7-16(23)12-15)22(19,13-25)24-20(26)29-21(2,3)4/h5-13,18-19H,1-4H3,(H,24,26)/t18-,19-,22-/m1/s1. The van der Waals surface area contributed by atoms with Crippen LogP contribution in [0.15, 0.2) is 53.4 Å². The maximum atomic E-state index is 13.4. The molecule has 2 aromatic carbocycles. The summed E-state index contributed by atoms with van der Waals surface area (Å²) in [7, 11) is -3.95. The van der Waals surface area contributed by atoms with Crippen LogP contribution in [0.1, 0.15) is 37.8 Å². The Morgan fingerprint density at radius 3 is 2.33 bits per heavy atom. The van der Waals surface area contributed by atoms with Crippen molar-refractivity contribution in [2.75, 3.05) is 0 Å². The topological polar surface area (TPSA) is 89.5 Å². The number of rotatable bonds is 5. The maximum absolute atomic E-state index is 13.4. The molecule has 1 aliphatic carbocycles. The van der Waals surface area contributed by atoms with Crippen LogP contribution in [0.5, 0.6) is 0 Å². The Morgan fingerprint density at radius 2 is 1.80 bits per heavy atom. The second kappa shape index (κ2) is 7.71. The highest BCUT2D eigenvalue weighted by atomic mass is 35.5. The van der Waals surface area contributed by atoms with Crippen molar-refractivity contribution in [3.05, 3.63) is 64.7 Å². The van der Waals surface area contributed by atoms with Gasteiger partial charge >= 0.3 is 6.09 Å². The minimum atomic E-state index is -3.95. The van der Waals surface area contributed by atoms with E-state index < -0.39 is 38.2 Å². The molecular weight excluding hydrogens is 426 g/mol. The van der Waals surface area contributed by atoms with Crippen molar-refractivity contribution in [3.8, 4) is 0 Å². The van der Waals surface area contributed by atoms with Gasteiger partial charge in [-0.2, -0.15) is 0 Å². The lowest BCUT2D eigenvalue weighted by Gasteiger charge is -2.22. The Bertz CT molecular complexity index is 1080. The molecule has 0 heterocycles. The summed E-state index contributed by atoms with van der Waals surface area (Å²) in [6, 6.07) is 13.0. The molecule has 1 fully saturated rings. The molecule has 1 saturated carbocycles. The molecule has 1 N–H and O–H groups in total. The van der Waals surface area contributed by atoms with Crippen molar-refractivity contribution >= 4 is 33.8 Å². The van der Waals surface area contributed by atoms with E-state index >= 15 is 0 Å². The minimum absolute atomic E-state index is 0.0832. The molecule has 0 aromatic heterocycles. The molecule has 160 valence electrons. The van der Waals surface area contributed by atoms with Crippen LogP contribution in [0.3, 0.4) is 0 Å². The highest BCUT2D eigenvalue weighted by Crippen LogP contribution is 2.56. The molecule has 1 aliphatic rings. The van der Waals surface area contributed by atoms with E-state index in [1.165, 1.54) is 12.1 Å². The third kappa shape index (κ3) is 4.23. The maximum Gasteiger partial charge on any atom is 0.408 e. The van der Waals surface area contributed by atoms with Gasteiger partial charge in [-0.05, 0) is 57.5 Å². The Hall–Kier alpha value is -2.38. The van der Waals surface area contributed by atoms with Gasteiger partial charge in [-0.3, -0.25) is 0 Å². The van der Waals surface area contributed by atoms with Crippen LogP contribution < -0.4 is 5.32 Å². The fraction of sp³-hybridized carbons (Fsp3) is 0.364. The molecular formula is C22H24ClNO5S. The SMILES string of the molecule is Cc1ccc(S(=O)(=O)[C@@H]2[C@@H](c3cccc(Cl)c3)[C@@]2(C=O)NC(=O)OC(C)(C)C)cc1. The van der Waals surface area contributed by atoms with Crippen molar-refractivity contribution in [3.63, 3.8) is 0 Å². The third-order valence-corrected chi connectivity index (χ3v) is 7.48. The van der Waals surface area contributed by atoms with Crippen molar-refractivity contribution < 1.29 is 22.7 Å². The van der Waals surface area contributed by atoms with Crippen LogP contribution in [0.4, 0.5) is 4.79 Å². The Balaban J connectivity index is 2.06. The van der Waals surface area contributed by atoms with Gasteiger partial charge in [0.15, 0.2) is 9.84 Å². The molecule has 0 spiro atoms. The zero-order valence-electron chi connectivity index (χ0n) is 17.2. The first-order chi connectivity index (χ1) is 13.9. The predicted molar refractivity (Wildman–Crippen MR) is 115 cm³/mol. The van der Waals surface area contributed by atoms with Crippen LogP contribution in [0.25, 0.3) is 0 Å². The Morgan fingerprint density at radius 1 is 1.17 bits per heavy atom. The molecule has 0 saturated heterocycles. The molecule has 6 nitrogen and oxygen atoms in total. The second-order valence-electron chi connectivity index (χ2n) is 8.49. The smallest absolute Gasteiger partial charge is 0.408 e. The molecule has 2 aromatic rings. The van der Waals surface area contributed by atoms with Crippen molar-refractivity contribution in [2.24, 2.45) is 0 Å². The molecule has 8 heteroatoms. The van der Waals surface area contributed by atoms with Gasteiger partial charge in [-0.15, -0.1) is 0 Å². The van der Waals surface area contributed by atoms with Gasteiger partial charge in [0, 0.05) is 10.9 Å². The van der Waals surface area contributed by atoms with Crippen LogP contribution in [0, 0.1) is 6.92 Å². The number of hydrogen-bond donors (Lipinski definition) is 1. The summed E-state index contributed by atoms with van der Waals surface area (Å²) in [6.07, 6.45) is -0.373.